The van der Waals surface area contributed by atoms with Gasteiger partial charge in [0.25, 0.3) is 0 Å². The minimum Gasteiger partial charge on any atom is -0.406 e. The fraction of sp³-hybridized carbons (Fsp3) is 0.238. The molecule has 0 saturated carbocycles. The van der Waals surface area contributed by atoms with E-state index in [1.165, 1.54) is 17.7 Å². The highest BCUT2D eigenvalue weighted by Gasteiger charge is 2.31. The van der Waals surface area contributed by atoms with E-state index in [9.17, 15) is 13.2 Å². The minimum atomic E-state index is -4.69. The molecule has 2 heterocycles. The summed E-state index contributed by atoms with van der Waals surface area (Å²) in [6.45, 7) is 4.17. The van der Waals surface area contributed by atoms with Crippen molar-refractivity contribution in [1.29, 1.82) is 0 Å². The van der Waals surface area contributed by atoms with E-state index in [1.807, 2.05) is 47.1 Å². The molecule has 0 radical (unpaired) electrons. The largest absolute Gasteiger partial charge is 0.573 e. The van der Waals surface area contributed by atoms with Crippen LogP contribution in [-0.2, 0) is 13.1 Å². The third kappa shape index (κ3) is 4.59. The lowest BCUT2D eigenvalue weighted by molar-refractivity contribution is -0.274. The van der Waals surface area contributed by atoms with Gasteiger partial charge in [-0.15, -0.1) is 13.2 Å². The lowest BCUT2D eigenvalue weighted by atomic mass is 9.96. The molecule has 0 saturated heterocycles. The smallest absolute Gasteiger partial charge is 0.406 e. The molecule has 8 heteroatoms. The van der Waals surface area contributed by atoms with Gasteiger partial charge in [0.15, 0.2) is 0 Å². The molecule has 1 aromatic heterocycles. The summed E-state index contributed by atoms with van der Waals surface area (Å²) in [7, 11) is 0. The van der Waals surface area contributed by atoms with Gasteiger partial charge in [0.2, 0.25) is 0 Å². The molecule has 3 aromatic rings. The van der Waals surface area contributed by atoms with Crippen molar-refractivity contribution in [3.8, 4) is 16.9 Å². The van der Waals surface area contributed by atoms with E-state index in [2.05, 4.69) is 14.9 Å². The lowest BCUT2D eigenvalue weighted by Crippen LogP contribution is -2.28. The second-order valence-electron chi connectivity index (χ2n) is 6.79. The van der Waals surface area contributed by atoms with Gasteiger partial charge in [-0.3, -0.25) is 9.69 Å². The number of hydrazone groups is 1. The molecule has 2 aromatic carbocycles. The van der Waals surface area contributed by atoms with Crippen molar-refractivity contribution >= 4 is 5.71 Å². The Morgan fingerprint density at radius 3 is 2.48 bits per heavy atom. The van der Waals surface area contributed by atoms with E-state index < -0.39 is 6.36 Å². The topological polar surface area (TPSA) is 42.7 Å². The van der Waals surface area contributed by atoms with Crippen LogP contribution in [0.4, 0.5) is 13.2 Å². The van der Waals surface area contributed by atoms with Gasteiger partial charge in [-0.25, -0.2) is 0 Å². The molecule has 1 aliphatic rings. The monoisotopic (exact) mass is 400 g/mol. The molecular formula is C21H19F3N4O. The van der Waals surface area contributed by atoms with E-state index in [4.69, 9.17) is 0 Å². The zero-order valence-electron chi connectivity index (χ0n) is 15.7. The molecular weight excluding hydrogens is 381 g/mol. The average Bonchev–Trinajstić information content (AvgIpc) is 3.19. The minimum absolute atomic E-state index is 0.232. The normalized spacial score (nSPS) is 13.8. The Balaban J connectivity index is 1.49. The second kappa shape index (κ2) is 7.62. The van der Waals surface area contributed by atoms with E-state index in [1.54, 1.807) is 18.3 Å². The van der Waals surface area contributed by atoms with Crippen LogP contribution in [0.25, 0.3) is 11.1 Å². The van der Waals surface area contributed by atoms with Crippen LogP contribution < -0.4 is 4.74 Å². The summed E-state index contributed by atoms with van der Waals surface area (Å²) in [6.07, 6.45) is -1.01. The maximum Gasteiger partial charge on any atom is 0.573 e. The van der Waals surface area contributed by atoms with Crippen LogP contribution in [0, 0.1) is 0 Å². The number of alkyl halides is 3. The summed E-state index contributed by atoms with van der Waals surface area (Å²) >= 11 is 0. The van der Waals surface area contributed by atoms with Crippen LogP contribution >= 0.6 is 0 Å². The first-order valence-electron chi connectivity index (χ1n) is 9.14. The molecule has 0 spiro atoms. The number of hydrogen-bond donors (Lipinski definition) is 0. The molecule has 5 nitrogen and oxygen atoms in total. The first-order valence-corrected chi connectivity index (χ1v) is 9.14. The predicted octanol–water partition coefficient (Wildman–Crippen LogP) is 4.69. The quantitative estimate of drug-likeness (QED) is 0.624. The summed E-state index contributed by atoms with van der Waals surface area (Å²) < 4.78 is 42.8. The molecule has 0 bridgehead atoms. The number of benzene rings is 2. The standard InChI is InChI=1S/C21H19F3N4O/c1-15-20-13-17(16-5-7-19(8-6-16)29-21(22,23)24)3-4-18(20)14-28(26-15)12-11-27-10-2-9-25-27/h2-10,13H,11-12,14H2,1H3. The van der Waals surface area contributed by atoms with E-state index >= 15 is 0 Å². The van der Waals surface area contributed by atoms with Gasteiger partial charge in [-0.1, -0.05) is 24.3 Å². The van der Waals surface area contributed by atoms with Crippen molar-refractivity contribution in [2.75, 3.05) is 6.54 Å². The Hall–Kier alpha value is -3.29. The summed E-state index contributed by atoms with van der Waals surface area (Å²) in [5.74, 6) is -0.232. The van der Waals surface area contributed by atoms with E-state index in [0.717, 1.165) is 35.5 Å². The Morgan fingerprint density at radius 1 is 1.03 bits per heavy atom. The molecule has 1 aliphatic heterocycles. The number of fused-ring (bicyclic) bond motifs is 1. The fourth-order valence-corrected chi connectivity index (χ4v) is 3.36. The number of nitrogens with zero attached hydrogens (tertiary/aromatic N) is 4. The summed E-state index contributed by atoms with van der Waals surface area (Å²) in [5, 5.41) is 10.9. The highest BCUT2D eigenvalue weighted by Crippen LogP contribution is 2.29. The maximum atomic E-state index is 12.3. The molecule has 0 unspecified atom stereocenters. The van der Waals surface area contributed by atoms with Gasteiger partial charge < -0.3 is 4.74 Å². The van der Waals surface area contributed by atoms with Crippen molar-refractivity contribution in [2.45, 2.75) is 26.4 Å². The molecule has 150 valence electrons. The van der Waals surface area contributed by atoms with Crippen molar-refractivity contribution in [1.82, 2.24) is 14.8 Å². The van der Waals surface area contributed by atoms with Crippen LogP contribution in [0.1, 0.15) is 18.1 Å². The molecule has 0 amide bonds. The molecule has 0 aliphatic carbocycles. The van der Waals surface area contributed by atoms with Gasteiger partial charge in [-0.2, -0.15) is 10.2 Å². The van der Waals surface area contributed by atoms with Gasteiger partial charge >= 0.3 is 6.36 Å². The number of halogens is 3. The van der Waals surface area contributed by atoms with Gasteiger partial charge in [0, 0.05) is 18.0 Å². The van der Waals surface area contributed by atoms with Crippen LogP contribution in [0.5, 0.6) is 5.75 Å². The lowest BCUT2D eigenvalue weighted by Gasteiger charge is -2.27. The third-order valence-electron chi connectivity index (χ3n) is 4.71. The SMILES string of the molecule is CC1=NN(CCn2cccn2)Cc2ccc(-c3ccc(OC(F)(F)F)cc3)cc21. The summed E-state index contributed by atoms with van der Waals surface area (Å²) in [4.78, 5) is 0. The van der Waals surface area contributed by atoms with Crippen molar-refractivity contribution in [3.63, 3.8) is 0 Å². The molecule has 29 heavy (non-hydrogen) atoms. The first-order chi connectivity index (χ1) is 13.9. The predicted molar refractivity (Wildman–Crippen MR) is 103 cm³/mol. The Labute approximate surface area is 166 Å². The molecule has 0 fully saturated rings. The van der Waals surface area contributed by atoms with Crippen LogP contribution in [-0.4, -0.2) is 33.4 Å². The van der Waals surface area contributed by atoms with Gasteiger partial charge in [0.1, 0.15) is 5.75 Å². The fourth-order valence-electron chi connectivity index (χ4n) is 3.36. The molecule has 0 atom stereocenters. The third-order valence-corrected chi connectivity index (χ3v) is 4.71. The maximum absolute atomic E-state index is 12.3. The van der Waals surface area contributed by atoms with Crippen LogP contribution in [0.3, 0.4) is 0 Å². The van der Waals surface area contributed by atoms with Crippen molar-refractivity contribution in [3.05, 3.63) is 72.1 Å². The van der Waals surface area contributed by atoms with Crippen LogP contribution in [0.15, 0.2) is 66.0 Å². The van der Waals surface area contributed by atoms with Crippen molar-refractivity contribution in [2.24, 2.45) is 5.10 Å². The zero-order valence-corrected chi connectivity index (χ0v) is 15.7. The Morgan fingerprint density at radius 2 is 1.79 bits per heavy atom. The zero-order chi connectivity index (χ0) is 20.4. The first kappa shape index (κ1) is 19.0. The average molecular weight is 400 g/mol. The number of rotatable bonds is 5. The Kier molecular flexibility index (Phi) is 5.00. The molecule has 0 N–H and O–H groups in total. The van der Waals surface area contributed by atoms with Gasteiger partial charge in [0.05, 0.1) is 25.3 Å². The molecule has 4 rings (SSSR count). The highest BCUT2D eigenvalue weighted by atomic mass is 19.4. The number of aromatic nitrogens is 2. The van der Waals surface area contributed by atoms with Gasteiger partial charge in [-0.05, 0) is 47.9 Å². The summed E-state index contributed by atoms with van der Waals surface area (Å²) in [5.41, 5.74) is 4.86. The van der Waals surface area contributed by atoms with E-state index in [-0.39, 0.29) is 5.75 Å². The number of ether oxygens (including phenoxy) is 1. The second-order valence-corrected chi connectivity index (χ2v) is 6.79. The Bertz CT molecular complexity index is 1010. The highest BCUT2D eigenvalue weighted by molar-refractivity contribution is 6.01. The van der Waals surface area contributed by atoms with Crippen molar-refractivity contribution < 1.29 is 17.9 Å². The van der Waals surface area contributed by atoms with E-state index in [0.29, 0.717) is 6.54 Å². The summed E-state index contributed by atoms with van der Waals surface area (Å²) in [6, 6.07) is 13.8. The number of hydrogen-bond acceptors (Lipinski definition) is 4. The van der Waals surface area contributed by atoms with Crippen LogP contribution in [0.2, 0.25) is 0 Å².